The van der Waals surface area contributed by atoms with Crippen molar-refractivity contribution in [3.05, 3.63) is 59.7 Å². The van der Waals surface area contributed by atoms with Crippen LogP contribution in [0.15, 0.2) is 48.5 Å². The minimum Gasteiger partial charge on any atom is -0.480 e. The number of hydrogen-bond acceptors (Lipinski definition) is 4. The van der Waals surface area contributed by atoms with Crippen LogP contribution < -0.4 is 10.6 Å². The van der Waals surface area contributed by atoms with E-state index in [-0.39, 0.29) is 36.8 Å². The first-order valence-electron chi connectivity index (χ1n) is 11.1. The molecule has 0 saturated heterocycles. The second-order valence-corrected chi connectivity index (χ2v) is 8.68. The van der Waals surface area contributed by atoms with Crippen LogP contribution in [0.4, 0.5) is 4.79 Å². The van der Waals surface area contributed by atoms with Crippen LogP contribution in [-0.2, 0) is 14.3 Å². The minimum absolute atomic E-state index is 0.0180. The molecule has 2 amide bonds. The molecule has 32 heavy (non-hydrogen) atoms. The van der Waals surface area contributed by atoms with Gasteiger partial charge in [-0.15, -0.1) is 0 Å². The zero-order chi connectivity index (χ0) is 22.7. The van der Waals surface area contributed by atoms with Gasteiger partial charge in [-0.05, 0) is 54.4 Å². The molecule has 0 bridgehead atoms. The molecule has 2 aliphatic rings. The highest BCUT2D eigenvalue weighted by Crippen LogP contribution is 2.44. The molecule has 2 aromatic rings. The third-order valence-corrected chi connectivity index (χ3v) is 6.43. The maximum Gasteiger partial charge on any atom is 0.407 e. The average Bonchev–Trinajstić information content (AvgIpc) is 3.34. The van der Waals surface area contributed by atoms with Crippen molar-refractivity contribution in [2.45, 2.75) is 50.6 Å². The molecule has 4 rings (SSSR count). The zero-order valence-corrected chi connectivity index (χ0v) is 18.0. The number of fused-ring (bicyclic) bond motifs is 3. The van der Waals surface area contributed by atoms with E-state index in [0.717, 1.165) is 12.8 Å². The van der Waals surface area contributed by atoms with E-state index >= 15 is 0 Å². The van der Waals surface area contributed by atoms with Gasteiger partial charge in [-0.3, -0.25) is 9.59 Å². The molecule has 3 N–H and O–H groups in total. The molecule has 0 heterocycles. The maximum absolute atomic E-state index is 12.5. The van der Waals surface area contributed by atoms with E-state index in [1.54, 1.807) is 0 Å². The molecule has 3 atom stereocenters. The largest absolute Gasteiger partial charge is 0.480 e. The maximum atomic E-state index is 12.5. The number of alkyl carbamates (subject to hydrolysis) is 1. The first-order chi connectivity index (χ1) is 15.4. The van der Waals surface area contributed by atoms with Crippen LogP contribution in [0.2, 0.25) is 0 Å². The van der Waals surface area contributed by atoms with E-state index in [9.17, 15) is 14.4 Å². The molecule has 0 aliphatic heterocycles. The SMILES string of the molecule is C[C@@H](NC(=O)C[C@H]1CC[C@@H](NC(=O)OCC2c3ccccc3-c3ccccc32)C1)C(=O)O. The van der Waals surface area contributed by atoms with Gasteiger partial charge >= 0.3 is 12.1 Å². The Hall–Kier alpha value is -3.35. The molecule has 1 saturated carbocycles. The van der Waals surface area contributed by atoms with Crippen molar-refractivity contribution in [3.63, 3.8) is 0 Å². The molecule has 0 unspecified atom stereocenters. The molecule has 0 radical (unpaired) electrons. The Morgan fingerprint density at radius 2 is 1.66 bits per heavy atom. The van der Waals surface area contributed by atoms with Crippen LogP contribution in [0.1, 0.15) is 49.7 Å². The molecule has 1 fully saturated rings. The lowest BCUT2D eigenvalue weighted by Gasteiger charge is -2.17. The van der Waals surface area contributed by atoms with E-state index in [2.05, 4.69) is 34.9 Å². The highest BCUT2D eigenvalue weighted by molar-refractivity contribution is 5.83. The van der Waals surface area contributed by atoms with E-state index in [0.29, 0.717) is 6.42 Å². The third-order valence-electron chi connectivity index (χ3n) is 6.43. The van der Waals surface area contributed by atoms with E-state index in [1.165, 1.54) is 29.2 Å². The number of ether oxygens (including phenoxy) is 1. The lowest BCUT2D eigenvalue weighted by atomic mass is 9.98. The van der Waals surface area contributed by atoms with Crippen molar-refractivity contribution in [2.24, 2.45) is 5.92 Å². The third kappa shape index (κ3) is 4.77. The van der Waals surface area contributed by atoms with Gasteiger partial charge in [0, 0.05) is 18.4 Å². The van der Waals surface area contributed by atoms with Crippen LogP contribution in [0.25, 0.3) is 11.1 Å². The second kappa shape index (κ2) is 9.42. The molecular weight excluding hydrogens is 408 g/mol. The summed E-state index contributed by atoms with van der Waals surface area (Å²) in [4.78, 5) is 35.3. The molecule has 2 aromatic carbocycles. The van der Waals surface area contributed by atoms with Gasteiger partial charge in [0.15, 0.2) is 0 Å². The predicted octanol–water partition coefficient (Wildman–Crippen LogP) is 3.67. The highest BCUT2D eigenvalue weighted by atomic mass is 16.5. The number of hydrogen-bond donors (Lipinski definition) is 3. The summed E-state index contributed by atoms with van der Waals surface area (Å²) in [7, 11) is 0. The summed E-state index contributed by atoms with van der Waals surface area (Å²) in [5, 5.41) is 14.3. The Morgan fingerprint density at radius 1 is 1.03 bits per heavy atom. The van der Waals surface area contributed by atoms with Gasteiger partial charge in [-0.1, -0.05) is 48.5 Å². The van der Waals surface area contributed by atoms with Crippen LogP contribution in [0.3, 0.4) is 0 Å². The standard InChI is InChI=1S/C25H28N2O5/c1-15(24(29)30)26-23(28)13-16-10-11-17(12-16)27-25(31)32-14-22-20-8-4-2-6-18(20)19-7-3-5-9-21(19)22/h2-9,15-17,22H,10-14H2,1H3,(H,26,28)(H,27,31)(H,29,30)/t15-,16+,17-/m1/s1. The van der Waals surface area contributed by atoms with Crippen molar-refractivity contribution in [3.8, 4) is 11.1 Å². The number of carboxylic acid groups (broad SMARTS) is 1. The van der Waals surface area contributed by atoms with Crippen molar-refractivity contribution in [2.75, 3.05) is 6.61 Å². The van der Waals surface area contributed by atoms with Crippen LogP contribution in [0.5, 0.6) is 0 Å². The molecule has 0 aromatic heterocycles. The number of nitrogens with one attached hydrogen (secondary N) is 2. The molecule has 0 spiro atoms. The van der Waals surface area contributed by atoms with Gasteiger partial charge in [0.1, 0.15) is 12.6 Å². The van der Waals surface area contributed by atoms with Crippen molar-refractivity contribution in [1.29, 1.82) is 0 Å². The summed E-state index contributed by atoms with van der Waals surface area (Å²) in [5.74, 6) is -1.19. The first kappa shape index (κ1) is 21.9. The summed E-state index contributed by atoms with van der Waals surface area (Å²) in [5.41, 5.74) is 4.71. The number of benzene rings is 2. The highest BCUT2D eigenvalue weighted by Gasteiger charge is 2.31. The first-order valence-corrected chi connectivity index (χ1v) is 11.1. The van der Waals surface area contributed by atoms with E-state index in [1.807, 2.05) is 24.3 Å². The fraction of sp³-hybridized carbons (Fsp3) is 0.400. The van der Waals surface area contributed by atoms with Crippen molar-refractivity contribution in [1.82, 2.24) is 10.6 Å². The molecule has 7 heteroatoms. The average molecular weight is 437 g/mol. The molecular formula is C25H28N2O5. The van der Waals surface area contributed by atoms with Crippen LogP contribution in [0, 0.1) is 5.92 Å². The number of carbonyl (C=O) groups is 3. The van der Waals surface area contributed by atoms with Gasteiger partial charge < -0.3 is 20.5 Å². The van der Waals surface area contributed by atoms with Crippen LogP contribution >= 0.6 is 0 Å². The van der Waals surface area contributed by atoms with Crippen LogP contribution in [-0.4, -0.2) is 41.8 Å². The fourth-order valence-corrected chi connectivity index (χ4v) is 4.82. The summed E-state index contributed by atoms with van der Waals surface area (Å²) in [6.45, 7) is 1.71. The van der Waals surface area contributed by atoms with Crippen molar-refractivity contribution < 1.29 is 24.2 Å². The normalized spacial score (nSPS) is 20.2. The summed E-state index contributed by atoms with van der Waals surface area (Å²) in [6.07, 6.45) is 2.08. The summed E-state index contributed by atoms with van der Waals surface area (Å²) >= 11 is 0. The summed E-state index contributed by atoms with van der Waals surface area (Å²) < 4.78 is 5.60. The van der Waals surface area contributed by atoms with Gasteiger partial charge in [-0.2, -0.15) is 0 Å². The van der Waals surface area contributed by atoms with Gasteiger partial charge in [-0.25, -0.2) is 4.79 Å². The number of carboxylic acids is 1. The van der Waals surface area contributed by atoms with E-state index in [4.69, 9.17) is 9.84 Å². The Bertz CT molecular complexity index is 975. The smallest absolute Gasteiger partial charge is 0.407 e. The quantitative estimate of drug-likeness (QED) is 0.614. The van der Waals surface area contributed by atoms with Crippen molar-refractivity contribution >= 4 is 18.0 Å². The number of rotatable bonds is 7. The number of aliphatic carboxylic acids is 1. The Balaban J connectivity index is 1.27. The van der Waals surface area contributed by atoms with E-state index < -0.39 is 18.1 Å². The predicted molar refractivity (Wildman–Crippen MR) is 119 cm³/mol. The van der Waals surface area contributed by atoms with Gasteiger partial charge in [0.25, 0.3) is 0 Å². The zero-order valence-electron chi connectivity index (χ0n) is 18.0. The number of amides is 2. The number of carbonyl (C=O) groups excluding carboxylic acids is 2. The lowest BCUT2D eigenvalue weighted by Crippen LogP contribution is -2.39. The topological polar surface area (TPSA) is 105 Å². The molecule has 7 nitrogen and oxygen atoms in total. The molecule has 2 aliphatic carbocycles. The monoisotopic (exact) mass is 436 g/mol. The Labute approximate surface area is 187 Å². The second-order valence-electron chi connectivity index (χ2n) is 8.68. The molecule has 168 valence electrons. The Morgan fingerprint density at radius 3 is 2.28 bits per heavy atom. The fourth-order valence-electron chi connectivity index (χ4n) is 4.82. The Kier molecular flexibility index (Phi) is 6.44. The van der Waals surface area contributed by atoms with Gasteiger partial charge in [0.2, 0.25) is 5.91 Å². The minimum atomic E-state index is -1.06. The summed E-state index contributed by atoms with van der Waals surface area (Å²) in [6, 6.07) is 15.5. The lowest BCUT2D eigenvalue weighted by molar-refractivity contribution is -0.141. The van der Waals surface area contributed by atoms with Gasteiger partial charge in [0.05, 0.1) is 0 Å².